The van der Waals surface area contributed by atoms with E-state index < -0.39 is 35.9 Å². The van der Waals surface area contributed by atoms with Crippen molar-refractivity contribution in [3.8, 4) is 11.5 Å². The van der Waals surface area contributed by atoms with Crippen molar-refractivity contribution in [2.75, 3.05) is 13.7 Å². The highest BCUT2D eigenvalue weighted by molar-refractivity contribution is 5.31. The van der Waals surface area contributed by atoms with Crippen LogP contribution in [0, 0.1) is 0 Å². The normalized spacial score (nSPS) is 25.7. The lowest BCUT2D eigenvalue weighted by Crippen LogP contribution is -2.35. The van der Waals surface area contributed by atoms with Gasteiger partial charge >= 0.3 is 5.69 Å². The van der Waals surface area contributed by atoms with Crippen molar-refractivity contribution in [3.05, 3.63) is 57.4 Å². The number of rotatable bonds is 5. The van der Waals surface area contributed by atoms with Crippen molar-refractivity contribution in [1.82, 2.24) is 9.55 Å². The van der Waals surface area contributed by atoms with Crippen molar-refractivity contribution >= 4 is 0 Å². The highest BCUT2D eigenvalue weighted by Gasteiger charge is 2.45. The predicted octanol–water partition coefficient (Wildman–Crippen LogP) is 0.221. The number of alkyl halides is 1. The smallest absolute Gasteiger partial charge is 0.330 e. The fourth-order valence-electron chi connectivity index (χ4n) is 2.54. The fraction of sp³-hybridized carbons (Fsp3) is 0.375. The maximum atomic E-state index is 14.3. The molecular formula is C16H17FN2O6. The number of benzene rings is 1. The van der Waals surface area contributed by atoms with Gasteiger partial charge in [-0.3, -0.25) is 14.3 Å². The molecule has 0 aliphatic carbocycles. The Labute approximate surface area is 141 Å². The molecule has 1 fully saturated rings. The maximum absolute atomic E-state index is 14.3. The average Bonchev–Trinajstić information content (AvgIpc) is 2.89. The zero-order valence-corrected chi connectivity index (χ0v) is 13.3. The highest BCUT2D eigenvalue weighted by Crippen LogP contribution is 2.31. The fourth-order valence-corrected chi connectivity index (χ4v) is 2.54. The van der Waals surface area contributed by atoms with E-state index in [0.29, 0.717) is 11.5 Å². The van der Waals surface area contributed by atoms with E-state index >= 15 is 0 Å². The van der Waals surface area contributed by atoms with Crippen molar-refractivity contribution in [2.24, 2.45) is 0 Å². The van der Waals surface area contributed by atoms with E-state index in [9.17, 15) is 19.1 Å². The lowest BCUT2D eigenvalue weighted by Gasteiger charge is -2.16. The number of hydrogen-bond acceptors (Lipinski definition) is 6. The lowest BCUT2D eigenvalue weighted by atomic mass is 10.1. The summed E-state index contributed by atoms with van der Waals surface area (Å²) in [5.41, 5.74) is -1.42. The maximum Gasteiger partial charge on any atom is 0.330 e. The van der Waals surface area contributed by atoms with Crippen molar-refractivity contribution < 1.29 is 23.7 Å². The molecule has 1 unspecified atom stereocenters. The summed E-state index contributed by atoms with van der Waals surface area (Å²) in [6.45, 7) is -0.109. The van der Waals surface area contributed by atoms with Gasteiger partial charge in [0.2, 0.25) is 0 Å². The first kappa shape index (κ1) is 17.2. The van der Waals surface area contributed by atoms with Crippen LogP contribution in [-0.2, 0) is 4.74 Å². The molecule has 4 atom stereocenters. The Morgan fingerprint density at radius 2 is 1.92 bits per heavy atom. The topological polar surface area (TPSA) is 103 Å². The van der Waals surface area contributed by atoms with E-state index in [2.05, 4.69) is 0 Å². The third-order valence-corrected chi connectivity index (χ3v) is 3.89. The molecule has 1 saturated heterocycles. The highest BCUT2D eigenvalue weighted by atomic mass is 19.1. The van der Waals surface area contributed by atoms with Crippen LogP contribution in [0.3, 0.4) is 0 Å². The Bertz CT molecular complexity index is 834. The molecule has 0 radical (unpaired) electrons. The van der Waals surface area contributed by atoms with Gasteiger partial charge in [0.1, 0.15) is 30.3 Å². The standard InChI is InChI=1S/C16H17FN2O6/c1-23-9-2-4-10(5-3-9)24-8-11-14(21)13(17)15(25-11)19-7-6-12(20)18-16(19)22/h2-7,11,13-15,21H,8H2,1H3,(H,18,20,22)/t11-,13+,14?,15-/m1/s1. The summed E-state index contributed by atoms with van der Waals surface area (Å²) < 4.78 is 31.2. The first-order valence-electron chi connectivity index (χ1n) is 7.55. The summed E-state index contributed by atoms with van der Waals surface area (Å²) in [5.74, 6) is 1.16. The van der Waals surface area contributed by atoms with Crippen LogP contribution in [0.4, 0.5) is 4.39 Å². The molecule has 8 nitrogen and oxygen atoms in total. The summed E-state index contributed by atoms with van der Waals surface area (Å²) in [6.07, 6.45) is -4.50. The minimum Gasteiger partial charge on any atom is -0.497 e. The van der Waals surface area contributed by atoms with E-state index in [1.165, 1.54) is 0 Å². The summed E-state index contributed by atoms with van der Waals surface area (Å²) in [5, 5.41) is 10.0. The van der Waals surface area contributed by atoms with Gasteiger partial charge in [-0.05, 0) is 24.3 Å². The van der Waals surface area contributed by atoms with Crippen molar-refractivity contribution in [3.63, 3.8) is 0 Å². The number of nitrogens with zero attached hydrogens (tertiary/aromatic N) is 1. The quantitative estimate of drug-likeness (QED) is 0.798. The molecule has 2 heterocycles. The van der Waals surface area contributed by atoms with E-state index in [1.54, 1.807) is 31.4 Å². The number of H-pyrrole nitrogens is 1. The molecular weight excluding hydrogens is 335 g/mol. The summed E-state index contributed by atoms with van der Waals surface area (Å²) in [6, 6.07) is 7.79. The van der Waals surface area contributed by atoms with Crippen molar-refractivity contribution in [1.29, 1.82) is 0 Å². The number of halogens is 1. The lowest BCUT2D eigenvalue weighted by molar-refractivity contribution is -0.0446. The molecule has 0 spiro atoms. The molecule has 0 saturated carbocycles. The molecule has 1 aromatic carbocycles. The Morgan fingerprint density at radius 3 is 2.56 bits per heavy atom. The minimum atomic E-state index is -1.84. The monoisotopic (exact) mass is 352 g/mol. The molecule has 2 aromatic rings. The van der Waals surface area contributed by atoms with Gasteiger partial charge in [-0.25, -0.2) is 9.18 Å². The van der Waals surface area contributed by atoms with E-state index in [0.717, 1.165) is 16.8 Å². The Kier molecular flexibility index (Phi) is 4.86. The zero-order chi connectivity index (χ0) is 18.0. The Balaban J connectivity index is 1.69. The molecule has 1 aliphatic rings. The molecule has 9 heteroatoms. The van der Waals surface area contributed by atoms with Crippen LogP contribution in [-0.4, -0.2) is 46.8 Å². The number of aromatic amines is 1. The van der Waals surface area contributed by atoms with Gasteiger partial charge in [0.15, 0.2) is 12.4 Å². The zero-order valence-electron chi connectivity index (χ0n) is 13.3. The molecule has 134 valence electrons. The average molecular weight is 352 g/mol. The number of aliphatic hydroxyl groups is 1. The summed E-state index contributed by atoms with van der Waals surface area (Å²) in [7, 11) is 1.54. The number of nitrogens with one attached hydrogen (secondary N) is 1. The van der Waals surface area contributed by atoms with Crippen LogP contribution in [0.1, 0.15) is 6.23 Å². The van der Waals surface area contributed by atoms with Crippen LogP contribution in [0.2, 0.25) is 0 Å². The second-order valence-electron chi connectivity index (χ2n) is 5.50. The molecule has 0 bridgehead atoms. The van der Waals surface area contributed by atoms with Gasteiger partial charge in [-0.1, -0.05) is 0 Å². The van der Waals surface area contributed by atoms with Crippen LogP contribution in [0.25, 0.3) is 0 Å². The number of ether oxygens (including phenoxy) is 3. The van der Waals surface area contributed by atoms with Gasteiger partial charge in [0.05, 0.1) is 7.11 Å². The Hall–Kier alpha value is -2.65. The minimum absolute atomic E-state index is 0.109. The van der Waals surface area contributed by atoms with Crippen molar-refractivity contribution in [2.45, 2.75) is 24.6 Å². The number of methoxy groups -OCH3 is 1. The molecule has 3 rings (SSSR count). The van der Waals surface area contributed by atoms with E-state index in [1.807, 2.05) is 4.98 Å². The largest absolute Gasteiger partial charge is 0.497 e. The SMILES string of the molecule is COc1ccc(OC[C@H]2O[C@@H](n3ccc(=O)[nH]c3=O)[C@@H](F)C2O)cc1. The predicted molar refractivity (Wildman–Crippen MR) is 84.6 cm³/mol. The van der Waals surface area contributed by atoms with Gasteiger partial charge in [0, 0.05) is 12.3 Å². The van der Waals surface area contributed by atoms with Gasteiger partial charge in [-0.15, -0.1) is 0 Å². The molecule has 1 aliphatic heterocycles. The first-order valence-corrected chi connectivity index (χ1v) is 7.55. The first-order chi connectivity index (χ1) is 12.0. The van der Waals surface area contributed by atoms with Crippen LogP contribution >= 0.6 is 0 Å². The number of aromatic nitrogens is 2. The second-order valence-corrected chi connectivity index (χ2v) is 5.50. The van der Waals surface area contributed by atoms with E-state index in [4.69, 9.17) is 14.2 Å². The van der Waals surface area contributed by atoms with Crippen LogP contribution in [0.5, 0.6) is 11.5 Å². The third-order valence-electron chi connectivity index (χ3n) is 3.89. The molecule has 1 aromatic heterocycles. The summed E-state index contributed by atoms with van der Waals surface area (Å²) >= 11 is 0. The molecule has 25 heavy (non-hydrogen) atoms. The molecule has 2 N–H and O–H groups in total. The van der Waals surface area contributed by atoms with Gasteiger partial charge < -0.3 is 19.3 Å². The molecule has 0 amide bonds. The number of aliphatic hydroxyl groups excluding tert-OH is 1. The van der Waals surface area contributed by atoms with Crippen LogP contribution < -0.4 is 20.7 Å². The van der Waals surface area contributed by atoms with Crippen LogP contribution in [0.15, 0.2) is 46.1 Å². The number of hydrogen-bond donors (Lipinski definition) is 2. The second kappa shape index (κ2) is 7.08. The van der Waals surface area contributed by atoms with E-state index in [-0.39, 0.29) is 6.61 Å². The van der Waals surface area contributed by atoms with Gasteiger partial charge in [-0.2, -0.15) is 0 Å². The summed E-state index contributed by atoms with van der Waals surface area (Å²) in [4.78, 5) is 24.9. The Morgan fingerprint density at radius 1 is 1.24 bits per heavy atom. The van der Waals surface area contributed by atoms with Gasteiger partial charge in [0.25, 0.3) is 5.56 Å². The third kappa shape index (κ3) is 3.57.